The first-order valence-corrected chi connectivity index (χ1v) is 6.46. The van der Waals surface area contributed by atoms with Crippen LogP contribution in [0.1, 0.15) is 5.56 Å². The van der Waals surface area contributed by atoms with Crippen LogP contribution >= 0.6 is 31.9 Å². The molecule has 0 unspecified atom stereocenters. The summed E-state index contributed by atoms with van der Waals surface area (Å²) in [5.41, 5.74) is 0.847. The summed E-state index contributed by atoms with van der Waals surface area (Å²) in [5.74, 6) is 1.18. The average molecular weight is 359 g/mol. The molecule has 2 aromatic rings. The number of rotatable bonds is 3. The molecule has 17 heavy (non-hydrogen) atoms. The zero-order chi connectivity index (χ0) is 12.3. The van der Waals surface area contributed by atoms with E-state index in [1.54, 1.807) is 18.3 Å². The molecule has 0 aliphatic rings. The molecule has 0 atom stereocenters. The molecule has 1 heterocycles. The highest BCUT2D eigenvalue weighted by molar-refractivity contribution is 9.11. The number of aromatic nitrogens is 1. The lowest BCUT2D eigenvalue weighted by Crippen LogP contribution is -1.90. The monoisotopic (exact) mass is 357 g/mol. The highest BCUT2D eigenvalue weighted by atomic mass is 79.9. The average Bonchev–Trinajstić information content (AvgIpc) is 2.34. The van der Waals surface area contributed by atoms with Crippen molar-refractivity contribution in [2.24, 2.45) is 0 Å². The molecule has 1 aromatic carbocycles. The fourth-order valence-electron chi connectivity index (χ4n) is 1.25. The number of aliphatic hydroxyl groups excluding tert-OH is 1. The summed E-state index contributed by atoms with van der Waals surface area (Å²) in [7, 11) is 0. The SMILES string of the molecule is OCc1ccc(Oc2ncc(Br)cc2Br)cc1. The van der Waals surface area contributed by atoms with Gasteiger partial charge in [-0.1, -0.05) is 12.1 Å². The minimum absolute atomic E-state index is 0.0283. The van der Waals surface area contributed by atoms with E-state index in [1.165, 1.54) is 0 Å². The topological polar surface area (TPSA) is 42.4 Å². The van der Waals surface area contributed by atoms with Gasteiger partial charge in [0.05, 0.1) is 11.1 Å². The highest BCUT2D eigenvalue weighted by Crippen LogP contribution is 2.29. The van der Waals surface area contributed by atoms with E-state index in [4.69, 9.17) is 9.84 Å². The van der Waals surface area contributed by atoms with Crippen molar-refractivity contribution in [1.82, 2.24) is 4.98 Å². The van der Waals surface area contributed by atoms with Crippen molar-refractivity contribution in [3.8, 4) is 11.6 Å². The van der Waals surface area contributed by atoms with Crippen molar-refractivity contribution >= 4 is 31.9 Å². The van der Waals surface area contributed by atoms with Crippen LogP contribution in [0, 0.1) is 0 Å². The second-order valence-electron chi connectivity index (χ2n) is 3.34. The van der Waals surface area contributed by atoms with Crippen molar-refractivity contribution in [2.45, 2.75) is 6.61 Å². The van der Waals surface area contributed by atoms with Gasteiger partial charge in [0.2, 0.25) is 5.88 Å². The Hall–Kier alpha value is -0.910. The van der Waals surface area contributed by atoms with E-state index in [1.807, 2.05) is 18.2 Å². The van der Waals surface area contributed by atoms with Gasteiger partial charge in [0.15, 0.2) is 0 Å². The Bertz CT molecular complexity index is 514. The Balaban J connectivity index is 2.19. The number of nitrogens with zero attached hydrogens (tertiary/aromatic N) is 1. The van der Waals surface area contributed by atoms with Crippen LogP contribution in [-0.2, 0) is 6.61 Å². The van der Waals surface area contributed by atoms with E-state index >= 15 is 0 Å². The summed E-state index contributed by atoms with van der Waals surface area (Å²) >= 11 is 6.70. The van der Waals surface area contributed by atoms with Gasteiger partial charge in [-0.2, -0.15) is 0 Å². The largest absolute Gasteiger partial charge is 0.438 e. The zero-order valence-electron chi connectivity index (χ0n) is 8.73. The molecule has 5 heteroatoms. The number of hydrogen-bond donors (Lipinski definition) is 1. The van der Waals surface area contributed by atoms with Gasteiger partial charge in [-0.3, -0.25) is 0 Å². The Morgan fingerprint density at radius 3 is 2.47 bits per heavy atom. The van der Waals surface area contributed by atoms with Crippen molar-refractivity contribution in [2.75, 3.05) is 0 Å². The number of aliphatic hydroxyl groups is 1. The van der Waals surface area contributed by atoms with Crippen LogP contribution in [0.5, 0.6) is 11.6 Å². The highest BCUT2D eigenvalue weighted by Gasteiger charge is 2.05. The summed E-state index contributed by atoms with van der Waals surface area (Å²) in [6, 6.07) is 9.07. The fourth-order valence-corrected chi connectivity index (χ4v) is 2.32. The molecule has 3 nitrogen and oxygen atoms in total. The van der Waals surface area contributed by atoms with Crippen LogP contribution in [0.4, 0.5) is 0 Å². The van der Waals surface area contributed by atoms with Crippen LogP contribution in [0.3, 0.4) is 0 Å². The first kappa shape index (κ1) is 12.5. The number of benzene rings is 1. The molecule has 2 rings (SSSR count). The van der Waals surface area contributed by atoms with Gasteiger partial charge in [-0.05, 0) is 55.6 Å². The Labute approximate surface area is 116 Å². The Morgan fingerprint density at radius 2 is 1.88 bits per heavy atom. The van der Waals surface area contributed by atoms with Crippen molar-refractivity contribution < 1.29 is 9.84 Å². The molecule has 0 bridgehead atoms. The molecule has 0 aliphatic carbocycles. The van der Waals surface area contributed by atoms with Gasteiger partial charge in [-0.15, -0.1) is 0 Å². The first-order chi connectivity index (χ1) is 8.19. The number of halogens is 2. The van der Waals surface area contributed by atoms with Crippen LogP contribution in [0.25, 0.3) is 0 Å². The molecule has 0 amide bonds. The molecule has 0 aliphatic heterocycles. The molecule has 0 saturated heterocycles. The maximum atomic E-state index is 8.93. The third-order valence-electron chi connectivity index (χ3n) is 2.09. The van der Waals surface area contributed by atoms with Gasteiger partial charge in [-0.25, -0.2) is 4.98 Å². The second-order valence-corrected chi connectivity index (χ2v) is 5.11. The Kier molecular flexibility index (Phi) is 4.15. The third-order valence-corrected chi connectivity index (χ3v) is 3.10. The normalized spacial score (nSPS) is 10.3. The van der Waals surface area contributed by atoms with Gasteiger partial charge in [0.25, 0.3) is 0 Å². The van der Waals surface area contributed by atoms with E-state index in [2.05, 4.69) is 36.8 Å². The lowest BCUT2D eigenvalue weighted by atomic mass is 10.2. The van der Waals surface area contributed by atoms with E-state index in [9.17, 15) is 0 Å². The standard InChI is InChI=1S/C12H9Br2NO2/c13-9-5-11(14)12(15-6-9)17-10-3-1-8(7-16)2-4-10/h1-6,16H,7H2. The van der Waals surface area contributed by atoms with E-state index in [-0.39, 0.29) is 6.61 Å². The van der Waals surface area contributed by atoms with Gasteiger partial charge in [0.1, 0.15) is 5.75 Å². The maximum absolute atomic E-state index is 8.93. The predicted molar refractivity (Wildman–Crippen MR) is 72.1 cm³/mol. The van der Waals surface area contributed by atoms with Gasteiger partial charge >= 0.3 is 0 Å². The van der Waals surface area contributed by atoms with Crippen LogP contribution < -0.4 is 4.74 Å². The zero-order valence-corrected chi connectivity index (χ0v) is 11.9. The smallest absolute Gasteiger partial charge is 0.233 e. The minimum Gasteiger partial charge on any atom is -0.438 e. The van der Waals surface area contributed by atoms with Crippen molar-refractivity contribution in [3.63, 3.8) is 0 Å². The summed E-state index contributed by atoms with van der Waals surface area (Å²) in [6.45, 7) is 0.0283. The van der Waals surface area contributed by atoms with Crippen molar-refractivity contribution in [1.29, 1.82) is 0 Å². The lowest BCUT2D eigenvalue weighted by Gasteiger charge is -2.07. The number of ether oxygens (including phenoxy) is 1. The molecule has 0 saturated carbocycles. The van der Waals surface area contributed by atoms with Crippen LogP contribution in [-0.4, -0.2) is 10.1 Å². The summed E-state index contributed by atoms with van der Waals surface area (Å²) < 4.78 is 7.26. The number of pyridine rings is 1. The van der Waals surface area contributed by atoms with Gasteiger partial charge < -0.3 is 9.84 Å². The van der Waals surface area contributed by atoms with E-state index < -0.39 is 0 Å². The molecular formula is C12H9Br2NO2. The fraction of sp³-hybridized carbons (Fsp3) is 0.0833. The summed E-state index contributed by atoms with van der Waals surface area (Å²) in [4.78, 5) is 4.15. The Morgan fingerprint density at radius 1 is 1.18 bits per heavy atom. The quantitative estimate of drug-likeness (QED) is 0.904. The second kappa shape index (κ2) is 5.62. The van der Waals surface area contributed by atoms with E-state index in [0.29, 0.717) is 11.6 Å². The molecule has 0 fully saturated rings. The summed E-state index contributed by atoms with van der Waals surface area (Å²) in [5, 5.41) is 8.93. The molecule has 0 spiro atoms. The van der Waals surface area contributed by atoms with Crippen LogP contribution in [0.2, 0.25) is 0 Å². The maximum Gasteiger partial charge on any atom is 0.233 e. The number of hydrogen-bond acceptors (Lipinski definition) is 3. The molecular weight excluding hydrogens is 350 g/mol. The first-order valence-electron chi connectivity index (χ1n) is 4.88. The molecule has 1 N–H and O–H groups in total. The minimum atomic E-state index is 0.0283. The predicted octanol–water partition coefficient (Wildman–Crippen LogP) is 3.89. The third kappa shape index (κ3) is 3.28. The van der Waals surface area contributed by atoms with Crippen LogP contribution in [0.15, 0.2) is 45.5 Å². The molecule has 1 aromatic heterocycles. The lowest BCUT2D eigenvalue weighted by molar-refractivity contribution is 0.281. The molecule has 0 radical (unpaired) electrons. The van der Waals surface area contributed by atoms with Gasteiger partial charge in [0, 0.05) is 10.7 Å². The molecule has 88 valence electrons. The van der Waals surface area contributed by atoms with E-state index in [0.717, 1.165) is 14.5 Å². The summed E-state index contributed by atoms with van der Waals surface area (Å²) in [6.07, 6.45) is 1.67. The van der Waals surface area contributed by atoms with Crippen molar-refractivity contribution in [3.05, 3.63) is 51.0 Å².